The molecule has 0 bridgehead atoms. The van der Waals surface area contributed by atoms with Crippen molar-refractivity contribution >= 4 is 11.3 Å². The Bertz CT molecular complexity index is 756. The van der Waals surface area contributed by atoms with Crippen molar-refractivity contribution in [3.05, 3.63) is 52.8 Å². The Hall–Kier alpha value is -2.05. The van der Waals surface area contributed by atoms with Gasteiger partial charge in [-0.25, -0.2) is 0 Å². The number of nitrogens with zero attached hydrogens (tertiary/aromatic N) is 4. The van der Waals surface area contributed by atoms with Crippen molar-refractivity contribution in [1.82, 2.24) is 20.0 Å². The summed E-state index contributed by atoms with van der Waals surface area (Å²) in [5.41, 5.74) is 2.27. The van der Waals surface area contributed by atoms with Gasteiger partial charge in [0.2, 0.25) is 11.7 Å². The third-order valence-electron chi connectivity index (χ3n) is 4.44. The molecule has 3 aromatic heterocycles. The van der Waals surface area contributed by atoms with E-state index in [2.05, 4.69) is 43.8 Å². The fourth-order valence-corrected chi connectivity index (χ4v) is 3.94. The van der Waals surface area contributed by atoms with E-state index in [4.69, 9.17) is 4.52 Å². The summed E-state index contributed by atoms with van der Waals surface area (Å²) in [5, 5.41) is 8.50. The monoisotopic (exact) mass is 326 g/mol. The highest BCUT2D eigenvalue weighted by molar-refractivity contribution is 7.07. The van der Waals surface area contributed by atoms with E-state index in [1.807, 2.05) is 12.1 Å². The minimum Gasteiger partial charge on any atom is -0.337 e. The molecule has 0 radical (unpaired) electrons. The summed E-state index contributed by atoms with van der Waals surface area (Å²) >= 11 is 1.75. The lowest BCUT2D eigenvalue weighted by Crippen LogP contribution is -2.26. The van der Waals surface area contributed by atoms with Crippen LogP contribution in [0.5, 0.6) is 0 Å². The topological polar surface area (TPSA) is 55.1 Å². The smallest absolute Gasteiger partial charge is 0.244 e. The van der Waals surface area contributed by atoms with E-state index in [0.29, 0.717) is 17.8 Å². The lowest BCUT2D eigenvalue weighted by molar-refractivity contribution is 0.159. The molecule has 0 aromatic carbocycles. The first kappa shape index (κ1) is 14.5. The van der Waals surface area contributed by atoms with Crippen LogP contribution in [0.3, 0.4) is 0 Å². The van der Waals surface area contributed by atoms with Crippen LogP contribution in [0.1, 0.15) is 43.3 Å². The normalized spacial score (nSPS) is 20.0. The van der Waals surface area contributed by atoms with E-state index in [0.717, 1.165) is 12.1 Å². The lowest BCUT2D eigenvalue weighted by atomic mass is 10.1. The molecule has 4 rings (SSSR count). The van der Waals surface area contributed by atoms with Crippen molar-refractivity contribution in [2.45, 2.75) is 31.8 Å². The predicted octanol–water partition coefficient (Wildman–Crippen LogP) is 4.09. The summed E-state index contributed by atoms with van der Waals surface area (Å²) < 4.78 is 5.53. The van der Waals surface area contributed by atoms with Gasteiger partial charge < -0.3 is 4.52 Å². The number of rotatable bonds is 4. The second-order valence-electron chi connectivity index (χ2n) is 5.83. The molecular weight excluding hydrogens is 308 g/mol. The van der Waals surface area contributed by atoms with Crippen LogP contribution in [0.4, 0.5) is 0 Å². The zero-order chi connectivity index (χ0) is 15.6. The van der Waals surface area contributed by atoms with Gasteiger partial charge in [0.1, 0.15) is 0 Å². The molecule has 1 aliphatic heterocycles. The van der Waals surface area contributed by atoms with E-state index in [1.165, 1.54) is 18.4 Å². The maximum absolute atomic E-state index is 5.53. The third-order valence-corrected chi connectivity index (χ3v) is 5.14. The Morgan fingerprint density at radius 3 is 3.13 bits per heavy atom. The van der Waals surface area contributed by atoms with Crippen LogP contribution in [0, 0.1) is 0 Å². The largest absolute Gasteiger partial charge is 0.337 e. The third kappa shape index (κ3) is 2.80. The van der Waals surface area contributed by atoms with Crippen LogP contribution in [-0.2, 0) is 0 Å². The van der Waals surface area contributed by atoms with E-state index >= 15 is 0 Å². The fraction of sp³-hybridized carbons (Fsp3) is 0.353. The number of pyridine rings is 1. The van der Waals surface area contributed by atoms with Crippen LogP contribution >= 0.6 is 11.3 Å². The van der Waals surface area contributed by atoms with Crippen LogP contribution in [0.15, 0.2) is 45.9 Å². The first-order valence-electron chi connectivity index (χ1n) is 7.85. The van der Waals surface area contributed by atoms with Gasteiger partial charge in [-0.2, -0.15) is 16.3 Å². The molecule has 0 saturated carbocycles. The van der Waals surface area contributed by atoms with E-state index in [9.17, 15) is 0 Å². The van der Waals surface area contributed by atoms with Crippen molar-refractivity contribution < 1.29 is 4.52 Å². The molecule has 23 heavy (non-hydrogen) atoms. The quantitative estimate of drug-likeness (QED) is 0.723. The highest BCUT2D eigenvalue weighted by atomic mass is 32.1. The second kappa shape index (κ2) is 6.22. The standard InChI is InChI=1S/C17H18N4OS/c1-12(21-8-3-5-15(21)14-6-9-23-11-14)17-19-16(20-22-17)13-4-2-7-18-10-13/h2,4,6-7,9-12,15H,3,5,8H2,1H3. The highest BCUT2D eigenvalue weighted by Gasteiger charge is 2.33. The first-order valence-corrected chi connectivity index (χ1v) is 8.79. The number of aromatic nitrogens is 3. The van der Waals surface area contributed by atoms with Gasteiger partial charge in [0.25, 0.3) is 0 Å². The molecule has 3 aromatic rings. The average Bonchev–Trinajstić information content (AvgIpc) is 3.34. The summed E-state index contributed by atoms with van der Waals surface area (Å²) in [7, 11) is 0. The Morgan fingerprint density at radius 1 is 1.39 bits per heavy atom. The average molecular weight is 326 g/mol. The molecule has 0 aliphatic carbocycles. The molecule has 1 fully saturated rings. The Morgan fingerprint density at radius 2 is 2.35 bits per heavy atom. The minimum atomic E-state index is 0.111. The molecule has 6 heteroatoms. The van der Waals surface area contributed by atoms with Crippen LogP contribution in [0.2, 0.25) is 0 Å². The van der Waals surface area contributed by atoms with Gasteiger partial charge in [0, 0.05) is 24.0 Å². The SMILES string of the molecule is CC(c1nc(-c2cccnc2)no1)N1CCCC1c1ccsc1. The molecule has 0 spiro atoms. The summed E-state index contributed by atoms with van der Waals surface area (Å²) in [4.78, 5) is 11.2. The minimum absolute atomic E-state index is 0.111. The summed E-state index contributed by atoms with van der Waals surface area (Å²) in [5.74, 6) is 1.28. The van der Waals surface area contributed by atoms with Crippen LogP contribution in [-0.4, -0.2) is 26.6 Å². The number of likely N-dealkylation sites (tertiary alicyclic amines) is 1. The molecule has 0 amide bonds. The van der Waals surface area contributed by atoms with Gasteiger partial charge in [-0.05, 0) is 60.8 Å². The van der Waals surface area contributed by atoms with Crippen molar-refractivity contribution in [2.24, 2.45) is 0 Å². The molecule has 0 N–H and O–H groups in total. The first-order chi connectivity index (χ1) is 11.3. The number of hydrogen-bond acceptors (Lipinski definition) is 6. The van der Waals surface area contributed by atoms with E-state index in [-0.39, 0.29) is 6.04 Å². The van der Waals surface area contributed by atoms with Crippen molar-refractivity contribution in [2.75, 3.05) is 6.54 Å². The maximum Gasteiger partial charge on any atom is 0.244 e. The van der Waals surface area contributed by atoms with Crippen LogP contribution < -0.4 is 0 Å². The van der Waals surface area contributed by atoms with Gasteiger partial charge in [-0.15, -0.1) is 0 Å². The maximum atomic E-state index is 5.53. The predicted molar refractivity (Wildman–Crippen MR) is 88.9 cm³/mol. The molecule has 4 heterocycles. The lowest BCUT2D eigenvalue weighted by Gasteiger charge is -2.27. The Labute approximate surface area is 139 Å². The van der Waals surface area contributed by atoms with Gasteiger partial charge in [-0.3, -0.25) is 9.88 Å². The summed E-state index contributed by atoms with van der Waals surface area (Å²) in [6.07, 6.45) is 5.88. The molecule has 1 aliphatic rings. The zero-order valence-electron chi connectivity index (χ0n) is 12.9. The molecule has 1 saturated heterocycles. The van der Waals surface area contributed by atoms with Crippen molar-refractivity contribution in [3.8, 4) is 11.4 Å². The molecule has 2 unspecified atom stereocenters. The van der Waals surface area contributed by atoms with E-state index < -0.39 is 0 Å². The Balaban J connectivity index is 1.57. The number of hydrogen-bond donors (Lipinski definition) is 0. The van der Waals surface area contributed by atoms with E-state index in [1.54, 1.807) is 23.7 Å². The highest BCUT2D eigenvalue weighted by Crippen LogP contribution is 2.38. The molecule has 2 atom stereocenters. The van der Waals surface area contributed by atoms with Crippen molar-refractivity contribution in [3.63, 3.8) is 0 Å². The Kier molecular flexibility index (Phi) is 3.93. The fourth-order valence-electron chi connectivity index (χ4n) is 3.23. The van der Waals surface area contributed by atoms with Gasteiger partial charge in [0.05, 0.1) is 6.04 Å². The molecular formula is C17H18N4OS. The van der Waals surface area contributed by atoms with Gasteiger partial charge in [-0.1, -0.05) is 5.16 Å². The zero-order valence-corrected chi connectivity index (χ0v) is 13.7. The summed E-state index contributed by atoms with van der Waals surface area (Å²) in [6, 6.07) is 6.60. The summed E-state index contributed by atoms with van der Waals surface area (Å²) in [6.45, 7) is 3.21. The van der Waals surface area contributed by atoms with Crippen LogP contribution in [0.25, 0.3) is 11.4 Å². The number of thiophene rings is 1. The van der Waals surface area contributed by atoms with Gasteiger partial charge >= 0.3 is 0 Å². The van der Waals surface area contributed by atoms with Crippen molar-refractivity contribution in [1.29, 1.82) is 0 Å². The second-order valence-corrected chi connectivity index (χ2v) is 6.61. The van der Waals surface area contributed by atoms with Gasteiger partial charge in [0.15, 0.2) is 0 Å². The molecule has 118 valence electrons. The molecule has 5 nitrogen and oxygen atoms in total.